The lowest BCUT2D eigenvalue weighted by molar-refractivity contribution is 0.106. The lowest BCUT2D eigenvalue weighted by atomic mass is 10.1. The van der Waals surface area contributed by atoms with Crippen molar-refractivity contribution in [1.82, 2.24) is 0 Å². The molecule has 0 unspecified atom stereocenters. The minimum atomic E-state index is -1.67. The summed E-state index contributed by atoms with van der Waals surface area (Å²) in [6.45, 7) is 8.38. The van der Waals surface area contributed by atoms with Crippen LogP contribution in [0.15, 0.2) is 24.3 Å². The van der Waals surface area contributed by atoms with Gasteiger partial charge in [-0.25, -0.2) is 0 Å². The molecule has 1 aromatic rings. The molecule has 0 fully saturated rings. The van der Waals surface area contributed by atoms with E-state index in [-0.39, 0.29) is 0 Å². The molecule has 0 heterocycles. The van der Waals surface area contributed by atoms with E-state index in [0.29, 0.717) is 5.41 Å². The summed E-state index contributed by atoms with van der Waals surface area (Å²) in [6.07, 6.45) is 1.03. The van der Waals surface area contributed by atoms with Gasteiger partial charge >= 0.3 is 0 Å². The third-order valence-corrected chi connectivity index (χ3v) is 3.96. The predicted octanol–water partition coefficient (Wildman–Crippen LogP) is 3.31. The van der Waals surface area contributed by atoms with E-state index >= 15 is 0 Å². The second-order valence-electron chi connectivity index (χ2n) is 4.63. The molecule has 0 radical (unpaired) electrons. The normalized spacial score (nSPS) is 11.4. The Morgan fingerprint density at radius 1 is 1.14 bits per heavy atom. The van der Waals surface area contributed by atoms with Crippen LogP contribution in [0.25, 0.3) is 0 Å². The van der Waals surface area contributed by atoms with E-state index in [1.54, 1.807) is 0 Å². The summed E-state index contributed by atoms with van der Waals surface area (Å²) in [5.41, 5.74) is 2.17. The van der Waals surface area contributed by atoms with Gasteiger partial charge in [0.15, 0.2) is 0 Å². The molecule has 0 bridgehead atoms. The summed E-state index contributed by atoms with van der Waals surface area (Å²) in [5, 5.41) is 0.347. The third-order valence-electron chi connectivity index (χ3n) is 2.31. The highest BCUT2D eigenvalue weighted by molar-refractivity contribution is 7.05. The molecular formula is C12H18OSi. The van der Waals surface area contributed by atoms with Gasteiger partial charge in [-0.2, -0.15) is 0 Å². The summed E-state index contributed by atoms with van der Waals surface area (Å²) in [4.78, 5) is 11.9. The van der Waals surface area contributed by atoms with Crippen LogP contribution in [0, 0.1) is 0 Å². The SMILES string of the molecule is CCc1ccc(C(=O)[Si](C)(C)C)cc1. The number of benzene rings is 1. The molecule has 14 heavy (non-hydrogen) atoms. The summed E-state index contributed by atoms with van der Waals surface area (Å²) >= 11 is 0. The first kappa shape index (κ1) is 11.2. The number of carbonyl (C=O) groups is 1. The molecule has 2 heteroatoms. The van der Waals surface area contributed by atoms with Gasteiger partial charge in [-0.15, -0.1) is 0 Å². The van der Waals surface area contributed by atoms with E-state index < -0.39 is 8.07 Å². The average molecular weight is 206 g/mol. The average Bonchev–Trinajstić information content (AvgIpc) is 2.15. The number of aryl methyl sites for hydroxylation is 1. The molecule has 0 aromatic heterocycles. The van der Waals surface area contributed by atoms with Crippen molar-refractivity contribution < 1.29 is 4.79 Å². The molecule has 0 aliphatic heterocycles. The van der Waals surface area contributed by atoms with Crippen LogP contribution in [0.2, 0.25) is 19.6 Å². The zero-order valence-corrected chi connectivity index (χ0v) is 10.4. The Morgan fingerprint density at radius 3 is 2.00 bits per heavy atom. The van der Waals surface area contributed by atoms with Crippen molar-refractivity contribution in [1.29, 1.82) is 0 Å². The number of hydrogen-bond donors (Lipinski definition) is 0. The maximum atomic E-state index is 11.9. The molecule has 0 N–H and O–H groups in total. The third kappa shape index (κ3) is 2.55. The first-order chi connectivity index (χ1) is 6.45. The topological polar surface area (TPSA) is 17.1 Å². The van der Waals surface area contributed by atoms with Crippen molar-refractivity contribution in [3.05, 3.63) is 35.4 Å². The molecule has 1 aromatic carbocycles. The summed E-state index contributed by atoms with van der Waals surface area (Å²) < 4.78 is 0. The molecule has 0 atom stereocenters. The molecule has 0 spiro atoms. The van der Waals surface area contributed by atoms with E-state index in [4.69, 9.17) is 0 Å². The Hall–Kier alpha value is -0.893. The van der Waals surface area contributed by atoms with E-state index in [1.165, 1.54) is 5.56 Å². The van der Waals surface area contributed by atoms with Crippen LogP contribution in [0.1, 0.15) is 22.8 Å². The van der Waals surface area contributed by atoms with E-state index in [1.807, 2.05) is 24.3 Å². The first-order valence-corrected chi connectivity index (χ1v) is 8.59. The maximum absolute atomic E-state index is 11.9. The van der Waals surface area contributed by atoms with Crippen molar-refractivity contribution in [3.63, 3.8) is 0 Å². The largest absolute Gasteiger partial charge is 0.300 e. The standard InChI is InChI=1S/C12H18OSi/c1-5-10-6-8-11(9-7-10)12(13)14(2,3)4/h6-9H,5H2,1-4H3. The molecular weight excluding hydrogens is 188 g/mol. The van der Waals surface area contributed by atoms with Crippen LogP contribution in [0.5, 0.6) is 0 Å². The fourth-order valence-corrected chi connectivity index (χ4v) is 2.36. The van der Waals surface area contributed by atoms with Crippen LogP contribution < -0.4 is 0 Å². The van der Waals surface area contributed by atoms with Gasteiger partial charge in [-0.3, -0.25) is 0 Å². The van der Waals surface area contributed by atoms with Crippen LogP contribution in [0.4, 0.5) is 0 Å². The smallest absolute Gasteiger partial charge is 0.139 e. The highest BCUT2D eigenvalue weighted by Crippen LogP contribution is 2.13. The van der Waals surface area contributed by atoms with Gasteiger partial charge in [0.25, 0.3) is 0 Å². The van der Waals surface area contributed by atoms with Crippen LogP contribution >= 0.6 is 0 Å². The molecule has 0 saturated heterocycles. The van der Waals surface area contributed by atoms with E-state index in [2.05, 4.69) is 26.6 Å². The number of hydrogen-bond acceptors (Lipinski definition) is 1. The second kappa shape index (κ2) is 4.09. The zero-order chi connectivity index (χ0) is 10.8. The lowest BCUT2D eigenvalue weighted by Gasteiger charge is -2.14. The Morgan fingerprint density at radius 2 is 1.64 bits per heavy atom. The monoisotopic (exact) mass is 206 g/mol. The molecule has 1 rings (SSSR count). The minimum Gasteiger partial charge on any atom is -0.300 e. The van der Waals surface area contributed by atoms with Gasteiger partial charge in [0.05, 0.1) is 0 Å². The fraction of sp³-hybridized carbons (Fsp3) is 0.417. The van der Waals surface area contributed by atoms with Crippen LogP contribution in [-0.2, 0) is 6.42 Å². The Kier molecular flexibility index (Phi) is 3.27. The van der Waals surface area contributed by atoms with Gasteiger partial charge in [-0.05, 0) is 12.0 Å². The molecule has 0 aliphatic carbocycles. The van der Waals surface area contributed by atoms with Gasteiger partial charge in [0, 0.05) is 5.56 Å². The van der Waals surface area contributed by atoms with Gasteiger partial charge in [-0.1, -0.05) is 50.8 Å². The highest BCUT2D eigenvalue weighted by Gasteiger charge is 2.24. The molecule has 76 valence electrons. The van der Waals surface area contributed by atoms with Crippen molar-refractivity contribution in [2.75, 3.05) is 0 Å². The van der Waals surface area contributed by atoms with Crippen LogP contribution in [0.3, 0.4) is 0 Å². The highest BCUT2D eigenvalue weighted by atomic mass is 28.3. The zero-order valence-electron chi connectivity index (χ0n) is 9.42. The fourth-order valence-electron chi connectivity index (χ4n) is 1.32. The first-order valence-electron chi connectivity index (χ1n) is 5.09. The van der Waals surface area contributed by atoms with Crippen molar-refractivity contribution in [2.45, 2.75) is 33.0 Å². The molecule has 1 nitrogen and oxygen atoms in total. The van der Waals surface area contributed by atoms with Crippen molar-refractivity contribution in [2.24, 2.45) is 0 Å². The van der Waals surface area contributed by atoms with Crippen molar-refractivity contribution in [3.8, 4) is 0 Å². The molecule has 0 aliphatic rings. The predicted molar refractivity (Wildman–Crippen MR) is 63.5 cm³/mol. The Labute approximate surface area is 87.2 Å². The van der Waals surface area contributed by atoms with Gasteiger partial charge in [0.2, 0.25) is 0 Å². The summed E-state index contributed by atoms with van der Waals surface area (Å²) in [7, 11) is -1.67. The number of rotatable bonds is 3. The quantitative estimate of drug-likeness (QED) is 0.693. The molecule has 0 amide bonds. The summed E-state index contributed by atoms with van der Waals surface area (Å²) in [5.74, 6) is 0. The van der Waals surface area contributed by atoms with E-state index in [0.717, 1.165) is 12.0 Å². The Bertz CT molecular complexity index is 319. The number of carbonyl (C=O) groups excluding carboxylic acids is 1. The van der Waals surface area contributed by atoms with Crippen molar-refractivity contribution >= 4 is 13.5 Å². The Balaban J connectivity index is 2.93. The second-order valence-corrected chi connectivity index (χ2v) is 9.58. The van der Waals surface area contributed by atoms with Gasteiger partial charge in [0.1, 0.15) is 13.5 Å². The molecule has 0 saturated carbocycles. The maximum Gasteiger partial charge on any atom is 0.139 e. The summed E-state index contributed by atoms with van der Waals surface area (Å²) in [6, 6.07) is 8.01. The van der Waals surface area contributed by atoms with Gasteiger partial charge < -0.3 is 4.79 Å². The minimum absolute atomic E-state index is 0.347. The van der Waals surface area contributed by atoms with E-state index in [9.17, 15) is 4.79 Å². The van der Waals surface area contributed by atoms with Crippen LogP contribution in [-0.4, -0.2) is 13.5 Å². The lowest BCUT2D eigenvalue weighted by Crippen LogP contribution is -2.33.